The first-order valence-electron chi connectivity index (χ1n) is 12.0. The summed E-state index contributed by atoms with van der Waals surface area (Å²) >= 11 is 1.08. The SMILES string of the molecule is O=C(NO)C1CN(S(=O)(=O)CCCN2CCCCC2)CCN1S(=O)(=O)c1ccc(-c2ccccc2)s1. The first-order chi connectivity index (χ1) is 17.2. The van der Waals surface area contributed by atoms with Gasteiger partial charge in [-0.1, -0.05) is 36.8 Å². The monoisotopic (exact) mass is 556 g/mol. The zero-order chi connectivity index (χ0) is 25.8. The third-order valence-electron chi connectivity index (χ3n) is 6.63. The van der Waals surface area contributed by atoms with Gasteiger partial charge in [0.25, 0.3) is 15.9 Å². The zero-order valence-electron chi connectivity index (χ0n) is 20.0. The molecule has 1 aromatic heterocycles. The summed E-state index contributed by atoms with van der Waals surface area (Å²) < 4.78 is 55.2. The number of carbonyl (C=O) groups is 1. The molecule has 1 unspecified atom stereocenters. The third-order valence-corrected chi connectivity index (χ3v) is 12.1. The number of benzene rings is 1. The molecule has 1 aromatic carbocycles. The maximum atomic E-state index is 13.5. The van der Waals surface area contributed by atoms with Gasteiger partial charge in [-0.2, -0.15) is 8.61 Å². The molecule has 13 heteroatoms. The second-order valence-corrected chi connectivity index (χ2v) is 14.3. The van der Waals surface area contributed by atoms with Crippen LogP contribution in [0, 0.1) is 0 Å². The Balaban J connectivity index is 1.47. The lowest BCUT2D eigenvalue weighted by Crippen LogP contribution is -2.61. The highest BCUT2D eigenvalue weighted by Gasteiger charge is 2.43. The smallest absolute Gasteiger partial charge is 0.263 e. The van der Waals surface area contributed by atoms with Crippen LogP contribution < -0.4 is 5.48 Å². The van der Waals surface area contributed by atoms with Gasteiger partial charge in [0.15, 0.2) is 0 Å². The molecule has 1 atom stereocenters. The molecular weight excluding hydrogens is 524 g/mol. The summed E-state index contributed by atoms with van der Waals surface area (Å²) in [4.78, 5) is 15.5. The van der Waals surface area contributed by atoms with Crippen molar-refractivity contribution in [3.8, 4) is 10.4 Å². The van der Waals surface area contributed by atoms with E-state index in [4.69, 9.17) is 0 Å². The normalized spacial score (nSPS) is 20.9. The molecule has 198 valence electrons. The van der Waals surface area contributed by atoms with Gasteiger partial charge in [0.05, 0.1) is 5.75 Å². The van der Waals surface area contributed by atoms with E-state index in [-0.39, 0.29) is 29.6 Å². The fourth-order valence-corrected chi connectivity index (χ4v) is 9.18. The maximum absolute atomic E-state index is 13.5. The van der Waals surface area contributed by atoms with Crippen LogP contribution in [0.3, 0.4) is 0 Å². The minimum Gasteiger partial charge on any atom is -0.303 e. The number of sulfonamides is 2. The van der Waals surface area contributed by atoms with Crippen LogP contribution in [-0.4, -0.2) is 92.5 Å². The maximum Gasteiger partial charge on any atom is 0.263 e. The quantitative estimate of drug-likeness (QED) is 0.356. The molecular formula is C23H32N4O6S3. The third kappa shape index (κ3) is 6.15. The van der Waals surface area contributed by atoms with Gasteiger partial charge >= 0.3 is 0 Å². The average molecular weight is 557 g/mol. The van der Waals surface area contributed by atoms with Crippen LogP contribution in [0.15, 0.2) is 46.7 Å². The van der Waals surface area contributed by atoms with E-state index in [0.717, 1.165) is 52.0 Å². The number of nitrogens with zero attached hydrogens (tertiary/aromatic N) is 3. The van der Waals surface area contributed by atoms with Crippen LogP contribution in [0.1, 0.15) is 25.7 Å². The molecule has 2 fully saturated rings. The molecule has 10 nitrogen and oxygen atoms in total. The van der Waals surface area contributed by atoms with Crippen molar-refractivity contribution in [3.63, 3.8) is 0 Å². The fraction of sp³-hybridized carbons (Fsp3) is 0.522. The standard InChI is InChI=1S/C23H32N4O6S3/c28-23(24-29)20-18-26(35(30,31)17-7-14-25-12-5-2-6-13-25)15-16-27(20)36(32,33)22-11-10-21(34-22)19-8-3-1-4-9-19/h1,3-4,8-11,20,29H,2,5-7,12-18H2,(H,24,28). The van der Waals surface area contributed by atoms with Crippen molar-refractivity contribution in [1.29, 1.82) is 0 Å². The Labute approximate surface area is 216 Å². The Bertz CT molecular complexity index is 1240. The molecule has 0 aliphatic carbocycles. The Morgan fingerprint density at radius 3 is 2.39 bits per heavy atom. The van der Waals surface area contributed by atoms with Crippen molar-refractivity contribution in [1.82, 2.24) is 19.0 Å². The largest absolute Gasteiger partial charge is 0.303 e. The van der Waals surface area contributed by atoms with E-state index in [1.165, 1.54) is 22.3 Å². The number of hydrogen-bond donors (Lipinski definition) is 2. The van der Waals surface area contributed by atoms with E-state index in [1.54, 1.807) is 6.07 Å². The molecule has 2 aliphatic heterocycles. The van der Waals surface area contributed by atoms with Gasteiger partial charge in [-0.3, -0.25) is 10.0 Å². The summed E-state index contributed by atoms with van der Waals surface area (Å²) in [6.45, 7) is 2.04. The number of piperidine rings is 1. The summed E-state index contributed by atoms with van der Waals surface area (Å²) in [5.74, 6) is -1.04. The minimum absolute atomic E-state index is 0.0509. The number of amides is 1. The van der Waals surface area contributed by atoms with Crippen LogP contribution in [0.2, 0.25) is 0 Å². The highest BCUT2D eigenvalue weighted by molar-refractivity contribution is 7.91. The number of nitrogens with one attached hydrogen (secondary N) is 1. The number of likely N-dealkylation sites (tertiary alicyclic amines) is 1. The fourth-order valence-electron chi connectivity index (χ4n) is 4.68. The Kier molecular flexibility index (Phi) is 8.81. The van der Waals surface area contributed by atoms with Crippen molar-refractivity contribution in [2.45, 2.75) is 35.9 Å². The van der Waals surface area contributed by atoms with Gasteiger partial charge in [0, 0.05) is 24.5 Å². The van der Waals surface area contributed by atoms with Gasteiger partial charge in [0.1, 0.15) is 10.3 Å². The molecule has 2 saturated heterocycles. The van der Waals surface area contributed by atoms with E-state index < -0.39 is 32.0 Å². The van der Waals surface area contributed by atoms with Crippen LogP contribution in [0.4, 0.5) is 0 Å². The van der Waals surface area contributed by atoms with E-state index in [2.05, 4.69) is 4.90 Å². The van der Waals surface area contributed by atoms with E-state index in [0.29, 0.717) is 13.0 Å². The molecule has 0 saturated carbocycles. The van der Waals surface area contributed by atoms with Crippen LogP contribution in [0.5, 0.6) is 0 Å². The predicted molar refractivity (Wildman–Crippen MR) is 138 cm³/mol. The summed E-state index contributed by atoms with van der Waals surface area (Å²) in [7, 11) is -7.80. The van der Waals surface area contributed by atoms with Crippen molar-refractivity contribution < 1.29 is 26.8 Å². The highest BCUT2D eigenvalue weighted by atomic mass is 32.2. The number of rotatable bonds is 9. The molecule has 2 aromatic rings. The lowest BCUT2D eigenvalue weighted by atomic mass is 10.1. The van der Waals surface area contributed by atoms with Crippen molar-refractivity contribution in [2.75, 3.05) is 45.0 Å². The molecule has 0 radical (unpaired) electrons. The van der Waals surface area contributed by atoms with E-state index in [1.807, 2.05) is 30.3 Å². The molecule has 0 spiro atoms. The van der Waals surface area contributed by atoms with Gasteiger partial charge in [-0.25, -0.2) is 22.3 Å². The van der Waals surface area contributed by atoms with Crippen LogP contribution >= 0.6 is 11.3 Å². The number of hydrogen-bond acceptors (Lipinski definition) is 8. The predicted octanol–water partition coefficient (Wildman–Crippen LogP) is 1.80. The van der Waals surface area contributed by atoms with E-state index >= 15 is 0 Å². The minimum atomic E-state index is -4.10. The molecule has 2 N–H and O–H groups in total. The van der Waals surface area contributed by atoms with Crippen molar-refractivity contribution >= 4 is 37.3 Å². The topological polar surface area (TPSA) is 127 Å². The number of piperazine rings is 1. The Morgan fingerprint density at radius 2 is 1.69 bits per heavy atom. The summed E-state index contributed by atoms with van der Waals surface area (Å²) in [6, 6.07) is 11.1. The number of thiophene rings is 1. The van der Waals surface area contributed by atoms with Crippen molar-refractivity contribution in [3.05, 3.63) is 42.5 Å². The summed E-state index contributed by atoms with van der Waals surface area (Å²) in [6.07, 6.45) is 3.92. The Morgan fingerprint density at radius 1 is 0.972 bits per heavy atom. The summed E-state index contributed by atoms with van der Waals surface area (Å²) in [5, 5.41) is 9.28. The zero-order valence-corrected chi connectivity index (χ0v) is 22.4. The lowest BCUT2D eigenvalue weighted by Gasteiger charge is -2.38. The summed E-state index contributed by atoms with van der Waals surface area (Å²) in [5.41, 5.74) is 2.38. The first kappa shape index (κ1) is 27.2. The second kappa shape index (κ2) is 11.7. The first-order valence-corrected chi connectivity index (χ1v) is 15.9. The Hall–Kier alpha value is -1.87. The molecule has 36 heavy (non-hydrogen) atoms. The average Bonchev–Trinajstić information content (AvgIpc) is 3.40. The number of hydroxylamine groups is 1. The molecule has 2 aliphatic rings. The lowest BCUT2D eigenvalue weighted by molar-refractivity contribution is -0.134. The van der Waals surface area contributed by atoms with Gasteiger partial charge in [-0.05, 0) is 56.6 Å². The van der Waals surface area contributed by atoms with Gasteiger partial charge in [0.2, 0.25) is 10.0 Å². The van der Waals surface area contributed by atoms with Crippen molar-refractivity contribution in [2.24, 2.45) is 0 Å². The molecule has 1 amide bonds. The van der Waals surface area contributed by atoms with Gasteiger partial charge < -0.3 is 4.90 Å². The number of carbonyl (C=O) groups excluding carboxylic acids is 1. The van der Waals surface area contributed by atoms with Gasteiger partial charge in [-0.15, -0.1) is 11.3 Å². The highest BCUT2D eigenvalue weighted by Crippen LogP contribution is 2.33. The second-order valence-electron chi connectivity index (χ2n) is 9.02. The molecule has 0 bridgehead atoms. The molecule has 4 rings (SSSR count). The van der Waals surface area contributed by atoms with E-state index in [9.17, 15) is 26.8 Å². The molecule has 3 heterocycles. The van der Waals surface area contributed by atoms with Crippen LogP contribution in [0.25, 0.3) is 10.4 Å². The van der Waals surface area contributed by atoms with Crippen LogP contribution in [-0.2, 0) is 24.8 Å².